The molecule has 2 aromatic carbocycles. The number of aliphatic hydroxyl groups is 1. The highest BCUT2D eigenvalue weighted by atomic mass is 79.9. The van der Waals surface area contributed by atoms with Gasteiger partial charge in [-0.1, -0.05) is 15.9 Å². The number of aliphatic hydroxyl groups excluding tert-OH is 1. The summed E-state index contributed by atoms with van der Waals surface area (Å²) in [6.45, 7) is 0.229. The van der Waals surface area contributed by atoms with Crippen LogP contribution in [0.3, 0.4) is 0 Å². The maximum Gasteiger partial charge on any atom is 0.174 e. The van der Waals surface area contributed by atoms with E-state index in [1.807, 2.05) is 11.9 Å². The fraction of sp³-hybridized carbons (Fsp3) is 0.250. The SMILES string of the molecule is CN1CN(OCCO)c2c1ccc(Nc1ccc(Br)cc1F)c2F. The van der Waals surface area contributed by atoms with Crippen LogP contribution in [0.15, 0.2) is 34.8 Å². The second-order valence-corrected chi connectivity index (χ2v) is 6.23. The summed E-state index contributed by atoms with van der Waals surface area (Å²) in [5.41, 5.74) is 1.23. The Kier molecular flexibility index (Phi) is 4.88. The van der Waals surface area contributed by atoms with Gasteiger partial charge in [0.15, 0.2) is 5.82 Å². The van der Waals surface area contributed by atoms with Crippen LogP contribution in [0.5, 0.6) is 0 Å². The molecule has 1 heterocycles. The van der Waals surface area contributed by atoms with E-state index in [0.29, 0.717) is 16.8 Å². The number of hydrogen-bond acceptors (Lipinski definition) is 5. The number of hydroxylamine groups is 1. The van der Waals surface area contributed by atoms with Crippen molar-refractivity contribution in [1.29, 1.82) is 0 Å². The molecule has 0 amide bonds. The van der Waals surface area contributed by atoms with E-state index in [1.54, 1.807) is 18.2 Å². The lowest BCUT2D eigenvalue weighted by molar-refractivity contribution is 0.0753. The Hall–Kier alpha value is -1.90. The number of halogens is 3. The van der Waals surface area contributed by atoms with Crippen molar-refractivity contribution < 1.29 is 18.7 Å². The molecule has 24 heavy (non-hydrogen) atoms. The topological polar surface area (TPSA) is 48.0 Å². The third-order valence-corrected chi connectivity index (χ3v) is 4.13. The van der Waals surface area contributed by atoms with Crippen molar-refractivity contribution in [3.63, 3.8) is 0 Å². The molecule has 0 aliphatic carbocycles. The molecule has 1 aliphatic heterocycles. The molecule has 0 radical (unpaired) electrons. The quantitative estimate of drug-likeness (QED) is 0.803. The molecule has 5 nitrogen and oxygen atoms in total. The normalized spacial score (nSPS) is 13.4. The number of anilines is 4. The minimum Gasteiger partial charge on any atom is -0.394 e. The molecular weight excluding hydrogens is 384 g/mol. The minimum atomic E-state index is -0.544. The van der Waals surface area contributed by atoms with E-state index in [4.69, 9.17) is 9.94 Å². The summed E-state index contributed by atoms with van der Waals surface area (Å²) >= 11 is 3.18. The van der Waals surface area contributed by atoms with E-state index in [1.165, 1.54) is 17.2 Å². The zero-order chi connectivity index (χ0) is 17.3. The predicted molar refractivity (Wildman–Crippen MR) is 92.6 cm³/mol. The lowest BCUT2D eigenvalue weighted by Gasteiger charge is -2.19. The third kappa shape index (κ3) is 3.17. The molecule has 2 N–H and O–H groups in total. The molecule has 0 atom stereocenters. The first kappa shape index (κ1) is 16.9. The van der Waals surface area contributed by atoms with Gasteiger partial charge in [0.05, 0.1) is 30.3 Å². The predicted octanol–water partition coefficient (Wildman–Crippen LogP) is 3.61. The van der Waals surface area contributed by atoms with E-state index in [9.17, 15) is 8.78 Å². The van der Waals surface area contributed by atoms with Gasteiger partial charge in [-0.05, 0) is 30.3 Å². The standard InChI is InChI=1S/C16H16BrF2N3O2/c1-21-9-22(24-7-6-23)16-14(21)5-4-13(15(16)19)20-12-3-2-10(17)8-11(12)18/h2-5,8,20,23H,6-7,9H2,1H3. The van der Waals surface area contributed by atoms with Gasteiger partial charge in [-0.3, -0.25) is 4.84 Å². The molecule has 0 saturated carbocycles. The number of benzene rings is 2. The zero-order valence-corrected chi connectivity index (χ0v) is 14.5. The Morgan fingerprint density at radius 1 is 1.25 bits per heavy atom. The summed E-state index contributed by atoms with van der Waals surface area (Å²) in [7, 11) is 1.81. The first-order chi connectivity index (χ1) is 11.5. The van der Waals surface area contributed by atoms with Crippen molar-refractivity contribution in [1.82, 2.24) is 0 Å². The van der Waals surface area contributed by atoms with Crippen LogP contribution in [0.4, 0.5) is 31.5 Å². The van der Waals surface area contributed by atoms with Crippen LogP contribution in [-0.2, 0) is 4.84 Å². The van der Waals surface area contributed by atoms with Gasteiger partial charge in [0.25, 0.3) is 0 Å². The largest absolute Gasteiger partial charge is 0.394 e. The second-order valence-electron chi connectivity index (χ2n) is 5.32. The molecule has 0 saturated heterocycles. The highest BCUT2D eigenvalue weighted by molar-refractivity contribution is 9.10. The zero-order valence-electron chi connectivity index (χ0n) is 12.9. The van der Waals surface area contributed by atoms with Crippen LogP contribution in [0.1, 0.15) is 0 Å². The van der Waals surface area contributed by atoms with Crippen LogP contribution in [-0.4, -0.2) is 32.0 Å². The van der Waals surface area contributed by atoms with Crippen LogP contribution in [0, 0.1) is 11.6 Å². The monoisotopic (exact) mass is 399 g/mol. The van der Waals surface area contributed by atoms with Crippen molar-refractivity contribution in [2.24, 2.45) is 0 Å². The van der Waals surface area contributed by atoms with Gasteiger partial charge >= 0.3 is 0 Å². The molecule has 3 rings (SSSR count). The summed E-state index contributed by atoms with van der Waals surface area (Å²) in [6.07, 6.45) is 0. The van der Waals surface area contributed by atoms with Gasteiger partial charge in [0, 0.05) is 11.5 Å². The maximum atomic E-state index is 14.9. The third-order valence-electron chi connectivity index (χ3n) is 3.63. The molecule has 8 heteroatoms. The number of rotatable bonds is 5. The highest BCUT2D eigenvalue weighted by Crippen LogP contribution is 2.41. The first-order valence-corrected chi connectivity index (χ1v) is 8.07. The second kappa shape index (κ2) is 6.92. The number of nitrogens with zero attached hydrogens (tertiary/aromatic N) is 2. The summed E-state index contributed by atoms with van der Waals surface area (Å²) in [6, 6.07) is 7.79. The van der Waals surface area contributed by atoms with Gasteiger partial charge in [0.1, 0.15) is 18.2 Å². The van der Waals surface area contributed by atoms with Crippen molar-refractivity contribution >= 4 is 38.7 Å². The van der Waals surface area contributed by atoms with Crippen LogP contribution >= 0.6 is 15.9 Å². The Bertz CT molecular complexity index is 760. The number of hydrogen-bond donors (Lipinski definition) is 2. The van der Waals surface area contributed by atoms with Crippen LogP contribution in [0.25, 0.3) is 0 Å². The fourth-order valence-electron chi connectivity index (χ4n) is 2.53. The van der Waals surface area contributed by atoms with Gasteiger partial charge in [-0.15, -0.1) is 0 Å². The lowest BCUT2D eigenvalue weighted by Crippen LogP contribution is -2.29. The van der Waals surface area contributed by atoms with E-state index < -0.39 is 11.6 Å². The molecule has 0 spiro atoms. The smallest absolute Gasteiger partial charge is 0.174 e. The Balaban J connectivity index is 1.93. The molecular formula is C16H16BrF2N3O2. The molecule has 0 bridgehead atoms. The van der Waals surface area contributed by atoms with E-state index in [-0.39, 0.29) is 30.3 Å². The number of nitrogens with one attached hydrogen (secondary N) is 1. The summed E-state index contributed by atoms with van der Waals surface area (Å²) < 4.78 is 29.5. The van der Waals surface area contributed by atoms with Crippen LogP contribution < -0.4 is 15.3 Å². The van der Waals surface area contributed by atoms with E-state index in [0.717, 1.165) is 0 Å². The van der Waals surface area contributed by atoms with Crippen molar-refractivity contribution in [2.75, 3.05) is 42.2 Å². The van der Waals surface area contributed by atoms with Crippen molar-refractivity contribution in [3.05, 3.63) is 46.4 Å². The number of fused-ring (bicyclic) bond motifs is 1. The fourth-order valence-corrected chi connectivity index (χ4v) is 2.86. The molecule has 128 valence electrons. The van der Waals surface area contributed by atoms with Crippen LogP contribution in [0.2, 0.25) is 0 Å². The van der Waals surface area contributed by atoms with Gasteiger partial charge in [0.2, 0.25) is 0 Å². The van der Waals surface area contributed by atoms with Gasteiger partial charge in [-0.25, -0.2) is 13.8 Å². The molecule has 0 unspecified atom stereocenters. The highest BCUT2D eigenvalue weighted by Gasteiger charge is 2.29. The summed E-state index contributed by atoms with van der Waals surface area (Å²) in [4.78, 5) is 7.19. The Labute approximate surface area is 146 Å². The Morgan fingerprint density at radius 3 is 2.71 bits per heavy atom. The van der Waals surface area contributed by atoms with E-state index >= 15 is 0 Å². The van der Waals surface area contributed by atoms with Crippen molar-refractivity contribution in [3.8, 4) is 0 Å². The summed E-state index contributed by atoms with van der Waals surface area (Å²) in [5, 5.41) is 13.0. The van der Waals surface area contributed by atoms with Crippen molar-refractivity contribution in [2.45, 2.75) is 0 Å². The van der Waals surface area contributed by atoms with E-state index in [2.05, 4.69) is 21.2 Å². The molecule has 2 aromatic rings. The Morgan fingerprint density at radius 2 is 2.00 bits per heavy atom. The lowest BCUT2D eigenvalue weighted by atomic mass is 10.2. The average molecular weight is 400 g/mol. The molecule has 1 aliphatic rings. The summed E-state index contributed by atoms with van der Waals surface area (Å²) in [5.74, 6) is -1.04. The average Bonchev–Trinajstić information content (AvgIpc) is 2.87. The van der Waals surface area contributed by atoms with Gasteiger partial charge in [-0.2, -0.15) is 0 Å². The van der Waals surface area contributed by atoms with Gasteiger partial charge < -0.3 is 15.3 Å². The maximum absolute atomic E-state index is 14.9. The first-order valence-electron chi connectivity index (χ1n) is 7.28. The molecule has 0 fully saturated rings. The molecule has 0 aromatic heterocycles. The minimum absolute atomic E-state index is 0.0612.